The van der Waals surface area contributed by atoms with Crippen molar-refractivity contribution in [3.05, 3.63) is 144 Å². The van der Waals surface area contributed by atoms with Crippen molar-refractivity contribution in [3.63, 3.8) is 0 Å². The summed E-state index contributed by atoms with van der Waals surface area (Å²) in [5.74, 6) is -0.407. The first-order valence-electron chi connectivity index (χ1n) is 17.3. The highest BCUT2D eigenvalue weighted by Gasteiger charge is 2.21. The lowest BCUT2D eigenvalue weighted by molar-refractivity contribution is -0.118. The Balaban J connectivity index is 1.21. The van der Waals surface area contributed by atoms with Gasteiger partial charge in [0.05, 0.1) is 0 Å². The van der Waals surface area contributed by atoms with Gasteiger partial charge in [-0.15, -0.1) is 0 Å². The normalized spacial score (nSPS) is 13.7. The summed E-state index contributed by atoms with van der Waals surface area (Å²) in [6, 6.07) is 37.4. The standard InChI is InChI=1S/C43H32N6O6/c1-25-20-28-22-29(21-25)43(53)49-37-15-7-13-35(45-37)47-39(51)24-55-33-19-17-27-9-3-5-11-31(27)41(33)40-30-10-4-2-8-26(30)16-18-32(40)54-23-38(50)46-34-12-6-14-36(44-34)48-42(28)52/h2-22H,23-24H2,1H3,(H2,44,46,48,50,52)(H2,45,47,49,51,53). The Bertz CT molecular complexity index is 2500. The molecule has 55 heavy (non-hydrogen) atoms. The van der Waals surface area contributed by atoms with Crippen LogP contribution in [0.15, 0.2) is 127 Å². The molecule has 0 radical (unpaired) electrons. The topological polar surface area (TPSA) is 161 Å². The zero-order valence-electron chi connectivity index (χ0n) is 29.4. The van der Waals surface area contributed by atoms with Gasteiger partial charge in [-0.05, 0) is 88.6 Å². The maximum absolute atomic E-state index is 13.3. The Morgan fingerprint density at radius 1 is 0.473 bits per heavy atom. The van der Waals surface area contributed by atoms with E-state index >= 15 is 0 Å². The molecule has 270 valence electrons. The molecule has 6 bridgehead atoms. The smallest absolute Gasteiger partial charge is 0.263 e. The minimum absolute atomic E-state index is 0.185. The van der Waals surface area contributed by atoms with Crippen LogP contribution in [0, 0.1) is 6.92 Å². The third-order valence-corrected chi connectivity index (χ3v) is 8.87. The molecule has 1 aliphatic heterocycles. The molecule has 8 rings (SSSR count). The summed E-state index contributed by atoms with van der Waals surface area (Å²) in [5, 5.41) is 14.5. The number of fused-ring (bicyclic) bond motifs is 13. The van der Waals surface area contributed by atoms with Crippen molar-refractivity contribution in [1.29, 1.82) is 0 Å². The predicted molar refractivity (Wildman–Crippen MR) is 211 cm³/mol. The number of nitrogens with zero attached hydrogens (tertiary/aromatic N) is 2. The SMILES string of the molecule is Cc1cc2cc(c1)C(=O)Nc1cccc(n1)NC(=O)COc1ccc3ccccc3c1-c1c(ccc3ccccc13)OCC(=O)Nc1cccc(n1)NC2=O. The fourth-order valence-corrected chi connectivity index (χ4v) is 6.47. The van der Waals surface area contributed by atoms with Crippen molar-refractivity contribution in [2.24, 2.45) is 0 Å². The van der Waals surface area contributed by atoms with E-state index in [0.717, 1.165) is 21.5 Å². The molecule has 7 aromatic rings. The number of rotatable bonds is 0. The molecule has 1 aliphatic rings. The maximum Gasteiger partial charge on any atom is 0.263 e. The molecule has 5 aromatic carbocycles. The summed E-state index contributed by atoms with van der Waals surface area (Å²) < 4.78 is 12.5. The number of benzene rings is 5. The largest absolute Gasteiger partial charge is 0.483 e. The van der Waals surface area contributed by atoms with Crippen LogP contribution in [0.25, 0.3) is 32.7 Å². The van der Waals surface area contributed by atoms with E-state index in [9.17, 15) is 19.2 Å². The van der Waals surface area contributed by atoms with Crippen LogP contribution in [0.4, 0.5) is 23.3 Å². The number of carbonyl (C=O) groups is 4. The van der Waals surface area contributed by atoms with Gasteiger partial charge in [-0.1, -0.05) is 72.8 Å². The van der Waals surface area contributed by atoms with E-state index < -0.39 is 23.6 Å². The molecule has 12 heteroatoms. The average molecular weight is 729 g/mol. The molecule has 0 saturated carbocycles. The van der Waals surface area contributed by atoms with Crippen molar-refractivity contribution in [3.8, 4) is 22.6 Å². The number of nitrogens with one attached hydrogen (secondary N) is 4. The van der Waals surface area contributed by atoms with Gasteiger partial charge in [-0.3, -0.25) is 19.2 Å². The second kappa shape index (κ2) is 14.8. The Hall–Kier alpha value is -7.60. The van der Waals surface area contributed by atoms with Crippen LogP contribution in [-0.2, 0) is 9.59 Å². The van der Waals surface area contributed by atoms with Crippen LogP contribution < -0.4 is 30.7 Å². The molecule has 12 nitrogen and oxygen atoms in total. The van der Waals surface area contributed by atoms with Crippen LogP contribution in [0.1, 0.15) is 26.3 Å². The Kier molecular flexibility index (Phi) is 9.28. The molecule has 4 N–H and O–H groups in total. The highest BCUT2D eigenvalue weighted by atomic mass is 16.5. The monoisotopic (exact) mass is 728 g/mol. The van der Waals surface area contributed by atoms with Crippen molar-refractivity contribution in [1.82, 2.24) is 9.97 Å². The fourth-order valence-electron chi connectivity index (χ4n) is 6.47. The van der Waals surface area contributed by atoms with E-state index in [1.54, 1.807) is 67.6 Å². The average Bonchev–Trinajstić information content (AvgIpc) is 3.18. The molecule has 0 spiro atoms. The van der Waals surface area contributed by atoms with Gasteiger partial charge in [0.25, 0.3) is 23.6 Å². The quantitative estimate of drug-likeness (QED) is 0.124. The van der Waals surface area contributed by atoms with Crippen LogP contribution in [0.2, 0.25) is 0 Å². The van der Waals surface area contributed by atoms with Gasteiger partial charge in [-0.25, -0.2) is 9.97 Å². The summed E-state index contributed by atoms with van der Waals surface area (Å²) in [7, 11) is 0. The van der Waals surface area contributed by atoms with Crippen molar-refractivity contribution < 1.29 is 28.7 Å². The van der Waals surface area contributed by atoms with Gasteiger partial charge in [0.1, 0.15) is 34.8 Å². The maximum atomic E-state index is 13.3. The van der Waals surface area contributed by atoms with Gasteiger partial charge < -0.3 is 30.7 Å². The van der Waals surface area contributed by atoms with Crippen LogP contribution in [-0.4, -0.2) is 46.8 Å². The third-order valence-electron chi connectivity index (χ3n) is 8.87. The third kappa shape index (κ3) is 7.50. The van der Waals surface area contributed by atoms with Gasteiger partial charge in [0.15, 0.2) is 13.2 Å². The Morgan fingerprint density at radius 2 is 0.891 bits per heavy atom. The van der Waals surface area contributed by atoms with E-state index in [1.165, 1.54) is 6.07 Å². The highest BCUT2D eigenvalue weighted by molar-refractivity contribution is 6.11. The minimum atomic E-state index is -0.510. The lowest BCUT2D eigenvalue weighted by atomic mass is 9.92. The lowest BCUT2D eigenvalue weighted by Gasteiger charge is -2.19. The molecular formula is C43H32N6O6. The molecule has 0 unspecified atom stereocenters. The first kappa shape index (κ1) is 34.5. The summed E-state index contributed by atoms with van der Waals surface area (Å²) in [6.45, 7) is 1.03. The fraction of sp³-hybridized carbons (Fsp3) is 0.0698. The van der Waals surface area contributed by atoms with E-state index in [4.69, 9.17) is 9.47 Å². The second-order valence-corrected chi connectivity index (χ2v) is 12.8. The zero-order valence-corrected chi connectivity index (χ0v) is 29.4. The molecular weight excluding hydrogens is 697 g/mol. The number of anilines is 4. The molecule has 0 saturated heterocycles. The number of ether oxygens (including phenoxy) is 2. The summed E-state index contributed by atoms with van der Waals surface area (Å²) >= 11 is 0. The lowest BCUT2D eigenvalue weighted by Crippen LogP contribution is -2.22. The van der Waals surface area contributed by atoms with Crippen LogP contribution >= 0.6 is 0 Å². The number of carbonyl (C=O) groups excluding carboxylic acids is 4. The first-order chi connectivity index (χ1) is 26.8. The van der Waals surface area contributed by atoms with E-state index in [0.29, 0.717) is 28.2 Å². The number of aryl methyl sites for hydroxylation is 1. The number of aromatic nitrogens is 2. The molecule has 0 atom stereocenters. The van der Waals surface area contributed by atoms with Crippen molar-refractivity contribution in [2.45, 2.75) is 6.92 Å². The van der Waals surface area contributed by atoms with Gasteiger partial charge in [-0.2, -0.15) is 0 Å². The number of hydrogen-bond acceptors (Lipinski definition) is 8. The van der Waals surface area contributed by atoms with E-state index in [1.807, 2.05) is 60.7 Å². The molecule has 3 heterocycles. The number of amides is 4. The van der Waals surface area contributed by atoms with Crippen molar-refractivity contribution in [2.75, 3.05) is 34.5 Å². The summed E-state index contributed by atoms with van der Waals surface area (Å²) in [5.41, 5.74) is 2.46. The summed E-state index contributed by atoms with van der Waals surface area (Å²) in [6.07, 6.45) is 0. The van der Waals surface area contributed by atoms with Crippen LogP contribution in [0.3, 0.4) is 0 Å². The highest BCUT2D eigenvalue weighted by Crippen LogP contribution is 2.45. The van der Waals surface area contributed by atoms with E-state index in [-0.39, 0.29) is 47.6 Å². The Morgan fingerprint density at radius 3 is 1.35 bits per heavy atom. The summed E-state index contributed by atoms with van der Waals surface area (Å²) in [4.78, 5) is 62.2. The van der Waals surface area contributed by atoms with E-state index in [2.05, 4.69) is 31.2 Å². The predicted octanol–water partition coefficient (Wildman–Crippen LogP) is 7.61. The molecule has 4 amide bonds. The molecule has 0 aliphatic carbocycles. The van der Waals surface area contributed by atoms with Gasteiger partial charge in [0, 0.05) is 22.3 Å². The van der Waals surface area contributed by atoms with Gasteiger partial charge >= 0.3 is 0 Å². The first-order valence-corrected chi connectivity index (χ1v) is 17.3. The van der Waals surface area contributed by atoms with Crippen molar-refractivity contribution >= 4 is 68.4 Å². The zero-order chi connectivity index (χ0) is 37.9. The number of pyridine rings is 2. The van der Waals surface area contributed by atoms with Crippen LogP contribution in [0.5, 0.6) is 11.5 Å². The molecule has 2 aromatic heterocycles. The molecule has 0 fully saturated rings. The number of hydrogen-bond donors (Lipinski definition) is 4. The Labute approximate surface area is 314 Å². The minimum Gasteiger partial charge on any atom is -0.483 e. The second-order valence-electron chi connectivity index (χ2n) is 12.8. The van der Waals surface area contributed by atoms with Gasteiger partial charge in [0.2, 0.25) is 0 Å².